The molecule has 5 heteroatoms. The predicted octanol–water partition coefficient (Wildman–Crippen LogP) is 2.65. The molecule has 1 aromatic carbocycles. The van der Waals surface area contributed by atoms with Crippen molar-refractivity contribution in [2.24, 2.45) is 0 Å². The molecule has 0 fully saturated rings. The van der Waals surface area contributed by atoms with Gasteiger partial charge in [-0.25, -0.2) is 0 Å². The lowest BCUT2D eigenvalue weighted by Gasteiger charge is -2.06. The molecule has 0 atom stereocenters. The summed E-state index contributed by atoms with van der Waals surface area (Å²) in [5, 5.41) is 6.63. The van der Waals surface area contributed by atoms with Crippen molar-refractivity contribution in [1.29, 1.82) is 0 Å². The van der Waals surface area contributed by atoms with Gasteiger partial charge in [-0.2, -0.15) is 5.10 Å². The Kier molecular flexibility index (Phi) is 2.69. The molecule has 1 heterocycles. The second-order valence-corrected chi connectivity index (χ2v) is 3.94. The Morgan fingerprint density at radius 1 is 1.43 bits per heavy atom. The van der Waals surface area contributed by atoms with Gasteiger partial charge in [-0.1, -0.05) is 12.1 Å². The van der Waals surface area contributed by atoms with Gasteiger partial charge in [0.15, 0.2) is 4.77 Å². The highest BCUT2D eigenvalue weighted by atomic mass is 32.2. The first-order valence-corrected chi connectivity index (χ1v) is 5.71. The van der Waals surface area contributed by atoms with Crippen LogP contribution in [0.3, 0.4) is 0 Å². The summed E-state index contributed by atoms with van der Waals surface area (Å²) in [4.78, 5) is 1.19. The molecule has 0 bridgehead atoms. The molecule has 1 aromatic heterocycles. The number of para-hydroxylation sites is 1. The number of H-pyrrole nitrogens is 1. The van der Waals surface area contributed by atoms with Crippen molar-refractivity contribution in [2.45, 2.75) is 4.90 Å². The first-order chi connectivity index (χ1) is 6.83. The van der Waals surface area contributed by atoms with E-state index in [9.17, 15) is 0 Å². The predicted molar refractivity (Wildman–Crippen MR) is 60.5 cm³/mol. The van der Waals surface area contributed by atoms with Crippen LogP contribution >= 0.6 is 24.0 Å². The van der Waals surface area contributed by atoms with Gasteiger partial charge in [0.2, 0.25) is 0 Å². The summed E-state index contributed by atoms with van der Waals surface area (Å²) in [5.74, 6) is 0. The fourth-order valence-electron chi connectivity index (χ4n) is 1.25. The fraction of sp³-hybridized carbons (Fsp3) is 0.111. The molecular formula is C9H9N3S2. The number of thioether (sulfide) groups is 1. The molecule has 14 heavy (non-hydrogen) atoms. The van der Waals surface area contributed by atoms with E-state index in [0.29, 0.717) is 4.77 Å². The molecule has 0 aliphatic carbocycles. The number of rotatable bonds is 2. The standard InChI is InChI=1S/C9H9N3S2/c1-14-8-5-3-2-4-7(8)12-6-10-11-9(12)13/h2-6H,1H3,(H,11,13). The molecule has 0 aliphatic heterocycles. The van der Waals surface area contributed by atoms with Crippen LogP contribution in [-0.4, -0.2) is 21.0 Å². The first-order valence-electron chi connectivity index (χ1n) is 4.08. The average Bonchev–Trinajstić information content (AvgIpc) is 2.64. The van der Waals surface area contributed by atoms with Crippen molar-refractivity contribution in [1.82, 2.24) is 14.8 Å². The topological polar surface area (TPSA) is 33.6 Å². The summed E-state index contributed by atoms with van der Waals surface area (Å²) >= 11 is 6.80. The van der Waals surface area contributed by atoms with Crippen LogP contribution in [0.4, 0.5) is 0 Å². The molecule has 0 saturated carbocycles. The van der Waals surface area contributed by atoms with E-state index in [1.165, 1.54) is 4.90 Å². The zero-order valence-corrected chi connectivity index (χ0v) is 9.23. The largest absolute Gasteiger partial charge is 0.274 e. The maximum absolute atomic E-state index is 5.11. The van der Waals surface area contributed by atoms with Gasteiger partial charge in [0, 0.05) is 4.90 Å². The first kappa shape index (κ1) is 9.48. The summed E-state index contributed by atoms with van der Waals surface area (Å²) < 4.78 is 2.48. The third kappa shape index (κ3) is 1.60. The minimum atomic E-state index is 0.617. The smallest absolute Gasteiger partial charge is 0.199 e. The molecule has 72 valence electrons. The van der Waals surface area contributed by atoms with Crippen LogP contribution in [0.2, 0.25) is 0 Å². The number of nitrogens with zero attached hydrogens (tertiary/aromatic N) is 2. The van der Waals surface area contributed by atoms with E-state index in [1.807, 2.05) is 29.0 Å². The Labute approximate surface area is 91.2 Å². The minimum absolute atomic E-state index is 0.617. The summed E-state index contributed by atoms with van der Waals surface area (Å²) in [5.41, 5.74) is 1.07. The zero-order valence-electron chi connectivity index (χ0n) is 7.60. The molecule has 1 N–H and O–H groups in total. The molecule has 0 spiro atoms. The SMILES string of the molecule is CSc1ccccc1-n1cn[nH]c1=S. The van der Waals surface area contributed by atoms with E-state index in [0.717, 1.165) is 5.69 Å². The lowest BCUT2D eigenvalue weighted by molar-refractivity contribution is 1.00. The monoisotopic (exact) mass is 223 g/mol. The van der Waals surface area contributed by atoms with Crippen LogP contribution in [0.15, 0.2) is 35.5 Å². The summed E-state index contributed by atoms with van der Waals surface area (Å²) in [6.07, 6.45) is 3.74. The van der Waals surface area contributed by atoms with Crippen molar-refractivity contribution >= 4 is 24.0 Å². The van der Waals surface area contributed by atoms with Gasteiger partial charge < -0.3 is 0 Å². The molecule has 2 aromatic rings. The van der Waals surface area contributed by atoms with E-state index in [4.69, 9.17) is 12.2 Å². The molecule has 0 aliphatic rings. The Bertz CT molecular complexity index is 487. The molecule has 3 nitrogen and oxygen atoms in total. The fourth-order valence-corrected chi connectivity index (χ4v) is 2.04. The highest BCUT2D eigenvalue weighted by molar-refractivity contribution is 7.98. The molecular weight excluding hydrogens is 214 g/mol. The van der Waals surface area contributed by atoms with Crippen molar-refractivity contribution in [2.75, 3.05) is 6.26 Å². The van der Waals surface area contributed by atoms with Gasteiger partial charge in [-0.15, -0.1) is 11.8 Å². The lowest BCUT2D eigenvalue weighted by atomic mass is 10.3. The summed E-state index contributed by atoms with van der Waals surface area (Å²) in [7, 11) is 0. The van der Waals surface area contributed by atoms with Gasteiger partial charge in [0.25, 0.3) is 0 Å². The number of nitrogens with one attached hydrogen (secondary N) is 1. The van der Waals surface area contributed by atoms with Gasteiger partial charge in [-0.3, -0.25) is 9.67 Å². The Morgan fingerprint density at radius 3 is 2.86 bits per heavy atom. The van der Waals surface area contributed by atoms with Crippen molar-refractivity contribution in [3.05, 3.63) is 35.4 Å². The number of hydrogen-bond donors (Lipinski definition) is 1. The Balaban J connectivity index is 2.62. The van der Waals surface area contributed by atoms with Crippen LogP contribution in [0, 0.1) is 4.77 Å². The number of aromatic nitrogens is 3. The summed E-state index contributed by atoms with van der Waals surface area (Å²) in [6.45, 7) is 0. The number of hydrogen-bond acceptors (Lipinski definition) is 3. The van der Waals surface area contributed by atoms with E-state index < -0.39 is 0 Å². The quantitative estimate of drug-likeness (QED) is 0.627. The summed E-state index contributed by atoms with van der Waals surface area (Å²) in [6, 6.07) is 8.09. The molecule has 2 rings (SSSR count). The second-order valence-electron chi connectivity index (χ2n) is 2.70. The third-order valence-corrected chi connectivity index (χ3v) is 2.97. The van der Waals surface area contributed by atoms with E-state index in [2.05, 4.69) is 16.3 Å². The molecule has 0 radical (unpaired) electrons. The zero-order chi connectivity index (χ0) is 9.97. The van der Waals surface area contributed by atoms with Gasteiger partial charge in [0.05, 0.1) is 5.69 Å². The normalized spacial score (nSPS) is 10.4. The minimum Gasteiger partial charge on any atom is -0.274 e. The van der Waals surface area contributed by atoms with Crippen LogP contribution in [0.1, 0.15) is 0 Å². The van der Waals surface area contributed by atoms with Crippen molar-refractivity contribution in [3.8, 4) is 5.69 Å². The van der Waals surface area contributed by atoms with E-state index >= 15 is 0 Å². The average molecular weight is 223 g/mol. The van der Waals surface area contributed by atoms with E-state index in [-0.39, 0.29) is 0 Å². The maximum Gasteiger partial charge on any atom is 0.199 e. The van der Waals surface area contributed by atoms with Gasteiger partial charge in [-0.05, 0) is 30.6 Å². The van der Waals surface area contributed by atoms with E-state index in [1.54, 1.807) is 18.1 Å². The van der Waals surface area contributed by atoms with Crippen molar-refractivity contribution < 1.29 is 0 Å². The van der Waals surface area contributed by atoms with Gasteiger partial charge in [0.1, 0.15) is 6.33 Å². The highest BCUT2D eigenvalue weighted by Crippen LogP contribution is 2.23. The van der Waals surface area contributed by atoms with Crippen LogP contribution in [0.25, 0.3) is 5.69 Å². The second kappa shape index (κ2) is 3.98. The molecule has 0 amide bonds. The Hall–Kier alpha value is -1.07. The highest BCUT2D eigenvalue weighted by Gasteiger charge is 2.03. The molecule has 0 saturated heterocycles. The van der Waals surface area contributed by atoms with Gasteiger partial charge >= 0.3 is 0 Å². The van der Waals surface area contributed by atoms with Crippen LogP contribution < -0.4 is 0 Å². The number of benzene rings is 1. The lowest BCUT2D eigenvalue weighted by Crippen LogP contribution is -1.93. The third-order valence-electron chi connectivity index (χ3n) is 1.90. The number of aromatic amines is 1. The van der Waals surface area contributed by atoms with Crippen LogP contribution in [-0.2, 0) is 0 Å². The van der Waals surface area contributed by atoms with Crippen molar-refractivity contribution in [3.63, 3.8) is 0 Å². The molecule has 0 unspecified atom stereocenters. The van der Waals surface area contributed by atoms with Crippen LogP contribution in [0.5, 0.6) is 0 Å². The Morgan fingerprint density at radius 2 is 2.21 bits per heavy atom. The maximum atomic E-state index is 5.11.